The summed E-state index contributed by atoms with van der Waals surface area (Å²) in [5, 5.41) is 12.1. The molecule has 1 heterocycles. The van der Waals surface area contributed by atoms with Crippen LogP contribution in [0.3, 0.4) is 0 Å². The van der Waals surface area contributed by atoms with Crippen molar-refractivity contribution in [3.8, 4) is 0 Å². The molecule has 0 aromatic carbocycles. The first kappa shape index (κ1) is 13.8. The van der Waals surface area contributed by atoms with Gasteiger partial charge in [0.15, 0.2) is 5.54 Å². The maximum absolute atomic E-state index is 12.1. The zero-order valence-corrected chi connectivity index (χ0v) is 10.7. The Bertz CT molecular complexity index is 324. The summed E-state index contributed by atoms with van der Waals surface area (Å²) in [6.45, 7) is 7.96. The van der Waals surface area contributed by atoms with E-state index in [4.69, 9.17) is 9.84 Å². The summed E-state index contributed by atoms with van der Waals surface area (Å²) in [6, 6.07) is 0. The van der Waals surface area contributed by atoms with Crippen molar-refractivity contribution in [2.24, 2.45) is 0 Å². The maximum Gasteiger partial charge on any atom is 0.408 e. The number of rotatable bonds is 1. The number of carbonyl (C=O) groups excluding carboxylic acids is 1. The van der Waals surface area contributed by atoms with Crippen LogP contribution in [0.15, 0.2) is 0 Å². The summed E-state index contributed by atoms with van der Waals surface area (Å²) in [5.74, 6) is -0.514. The average Bonchev–Trinajstić information content (AvgIpc) is 2.15. The summed E-state index contributed by atoms with van der Waals surface area (Å²) in [4.78, 5) is 24.4. The second-order valence-electron chi connectivity index (χ2n) is 5.39. The molecule has 1 fully saturated rings. The number of nitrogens with zero attached hydrogens (tertiary/aromatic N) is 1. The fourth-order valence-electron chi connectivity index (χ4n) is 1.74. The van der Waals surface area contributed by atoms with Crippen LogP contribution in [-0.4, -0.2) is 52.8 Å². The van der Waals surface area contributed by atoms with E-state index >= 15 is 0 Å². The van der Waals surface area contributed by atoms with Crippen LogP contribution in [-0.2, 0) is 9.53 Å². The molecular formula is C11H20N2O4. The van der Waals surface area contributed by atoms with Crippen LogP contribution in [0, 0.1) is 0 Å². The number of amides is 1. The molecule has 1 amide bonds. The fourth-order valence-corrected chi connectivity index (χ4v) is 1.74. The second kappa shape index (κ2) is 4.52. The summed E-state index contributed by atoms with van der Waals surface area (Å²) in [5.41, 5.74) is -1.78. The Morgan fingerprint density at radius 3 is 2.47 bits per heavy atom. The summed E-state index contributed by atoms with van der Waals surface area (Å²) < 4.78 is 5.28. The van der Waals surface area contributed by atoms with Gasteiger partial charge in [-0.25, -0.2) is 9.59 Å². The SMILES string of the molecule is CC(C)(C)OC(=O)C1(C)CNCCN1C(=O)O. The van der Waals surface area contributed by atoms with Crippen molar-refractivity contribution < 1.29 is 19.4 Å². The molecule has 2 N–H and O–H groups in total. The predicted octanol–water partition coefficient (Wildman–Crippen LogP) is 0.670. The Kier molecular flexibility index (Phi) is 3.66. The quantitative estimate of drug-likeness (QED) is 0.663. The van der Waals surface area contributed by atoms with Crippen LogP contribution in [0.2, 0.25) is 0 Å². The van der Waals surface area contributed by atoms with E-state index < -0.39 is 23.2 Å². The minimum Gasteiger partial charge on any atom is -0.465 e. The molecule has 0 aliphatic carbocycles. The van der Waals surface area contributed by atoms with Crippen molar-refractivity contribution in [3.63, 3.8) is 0 Å². The molecule has 0 saturated carbocycles. The third-order valence-electron chi connectivity index (χ3n) is 2.65. The first-order valence-electron chi connectivity index (χ1n) is 5.61. The van der Waals surface area contributed by atoms with Gasteiger partial charge in [-0.2, -0.15) is 0 Å². The van der Waals surface area contributed by atoms with Gasteiger partial charge in [-0.15, -0.1) is 0 Å². The van der Waals surface area contributed by atoms with E-state index in [1.165, 1.54) is 0 Å². The first-order valence-corrected chi connectivity index (χ1v) is 5.61. The van der Waals surface area contributed by atoms with Crippen LogP contribution in [0.1, 0.15) is 27.7 Å². The predicted molar refractivity (Wildman–Crippen MR) is 61.9 cm³/mol. The Labute approximate surface area is 101 Å². The molecule has 1 saturated heterocycles. The highest BCUT2D eigenvalue weighted by molar-refractivity contribution is 5.85. The normalized spacial score (nSPS) is 25.5. The molecule has 1 aliphatic rings. The van der Waals surface area contributed by atoms with Gasteiger partial charge in [0, 0.05) is 19.6 Å². The van der Waals surface area contributed by atoms with Gasteiger partial charge in [0.2, 0.25) is 0 Å². The van der Waals surface area contributed by atoms with Crippen molar-refractivity contribution in [2.45, 2.75) is 38.8 Å². The zero-order chi connectivity index (χ0) is 13.3. The maximum atomic E-state index is 12.1. The Balaban J connectivity index is 2.89. The van der Waals surface area contributed by atoms with Gasteiger partial charge in [0.05, 0.1) is 0 Å². The largest absolute Gasteiger partial charge is 0.465 e. The molecule has 6 heteroatoms. The molecule has 6 nitrogen and oxygen atoms in total. The van der Waals surface area contributed by atoms with Crippen molar-refractivity contribution in [1.82, 2.24) is 10.2 Å². The summed E-state index contributed by atoms with van der Waals surface area (Å²) in [6.07, 6.45) is -1.10. The molecule has 0 bridgehead atoms. The van der Waals surface area contributed by atoms with Gasteiger partial charge in [-0.1, -0.05) is 0 Å². The minimum absolute atomic E-state index is 0.272. The van der Waals surface area contributed by atoms with Gasteiger partial charge in [0.25, 0.3) is 0 Å². The van der Waals surface area contributed by atoms with Crippen LogP contribution in [0.4, 0.5) is 4.79 Å². The van der Waals surface area contributed by atoms with Gasteiger partial charge < -0.3 is 15.2 Å². The third-order valence-corrected chi connectivity index (χ3v) is 2.65. The number of hydrogen-bond acceptors (Lipinski definition) is 4. The topological polar surface area (TPSA) is 78.9 Å². The monoisotopic (exact) mass is 244 g/mol. The van der Waals surface area contributed by atoms with Crippen LogP contribution >= 0.6 is 0 Å². The van der Waals surface area contributed by atoms with E-state index in [1.54, 1.807) is 27.7 Å². The van der Waals surface area contributed by atoms with Gasteiger partial charge >= 0.3 is 12.1 Å². The molecule has 1 aliphatic heterocycles. The third kappa shape index (κ3) is 3.09. The lowest BCUT2D eigenvalue weighted by Gasteiger charge is -2.42. The lowest BCUT2D eigenvalue weighted by Crippen LogP contribution is -2.66. The van der Waals surface area contributed by atoms with Gasteiger partial charge in [0.1, 0.15) is 5.60 Å². The van der Waals surface area contributed by atoms with E-state index in [9.17, 15) is 9.59 Å². The van der Waals surface area contributed by atoms with E-state index in [2.05, 4.69) is 5.32 Å². The van der Waals surface area contributed by atoms with E-state index in [1.807, 2.05) is 0 Å². The number of esters is 1. The van der Waals surface area contributed by atoms with Crippen LogP contribution in [0.5, 0.6) is 0 Å². The van der Waals surface area contributed by atoms with Crippen molar-refractivity contribution in [2.75, 3.05) is 19.6 Å². The van der Waals surface area contributed by atoms with Gasteiger partial charge in [-0.05, 0) is 27.7 Å². The van der Waals surface area contributed by atoms with E-state index in [0.29, 0.717) is 6.54 Å². The van der Waals surface area contributed by atoms with Crippen molar-refractivity contribution in [3.05, 3.63) is 0 Å². The highest BCUT2D eigenvalue weighted by Crippen LogP contribution is 2.22. The Hall–Kier alpha value is -1.30. The van der Waals surface area contributed by atoms with Crippen LogP contribution in [0.25, 0.3) is 0 Å². The number of ether oxygens (including phenoxy) is 1. The molecule has 1 atom stereocenters. The molecule has 1 unspecified atom stereocenters. The highest BCUT2D eigenvalue weighted by atomic mass is 16.6. The molecule has 1 rings (SSSR count). The smallest absolute Gasteiger partial charge is 0.408 e. The Morgan fingerprint density at radius 2 is 2.00 bits per heavy atom. The van der Waals surface area contributed by atoms with Crippen molar-refractivity contribution in [1.29, 1.82) is 0 Å². The molecule has 98 valence electrons. The molecule has 0 aromatic heterocycles. The fraction of sp³-hybridized carbons (Fsp3) is 0.818. The van der Waals surface area contributed by atoms with E-state index in [-0.39, 0.29) is 13.1 Å². The van der Waals surface area contributed by atoms with Crippen LogP contribution < -0.4 is 5.32 Å². The van der Waals surface area contributed by atoms with Gasteiger partial charge in [-0.3, -0.25) is 4.90 Å². The number of nitrogens with one attached hydrogen (secondary N) is 1. The summed E-state index contributed by atoms with van der Waals surface area (Å²) in [7, 11) is 0. The first-order chi connectivity index (χ1) is 7.67. The van der Waals surface area contributed by atoms with E-state index in [0.717, 1.165) is 4.90 Å². The summed E-state index contributed by atoms with van der Waals surface area (Å²) >= 11 is 0. The lowest BCUT2D eigenvalue weighted by molar-refractivity contribution is -0.168. The molecule has 0 aromatic rings. The number of carboxylic acid groups (broad SMARTS) is 1. The number of piperazine rings is 1. The number of carbonyl (C=O) groups is 2. The molecular weight excluding hydrogens is 224 g/mol. The Morgan fingerprint density at radius 1 is 1.41 bits per heavy atom. The lowest BCUT2D eigenvalue weighted by atomic mass is 9.97. The van der Waals surface area contributed by atoms with Crippen molar-refractivity contribution >= 4 is 12.1 Å². The minimum atomic E-state index is -1.16. The second-order valence-corrected chi connectivity index (χ2v) is 5.39. The molecule has 0 spiro atoms. The molecule has 0 radical (unpaired) electrons. The number of hydrogen-bond donors (Lipinski definition) is 2. The highest BCUT2D eigenvalue weighted by Gasteiger charge is 2.46. The standard InChI is InChI=1S/C11H20N2O4/c1-10(2,3)17-8(14)11(4)7-12-5-6-13(11)9(15)16/h12H,5-7H2,1-4H3,(H,15,16). The molecule has 17 heavy (non-hydrogen) atoms. The average molecular weight is 244 g/mol. The zero-order valence-electron chi connectivity index (χ0n) is 10.7.